The van der Waals surface area contributed by atoms with E-state index in [4.69, 9.17) is 9.84 Å². The molecule has 0 fully saturated rings. The Morgan fingerprint density at radius 2 is 1.82 bits per heavy atom. The Morgan fingerprint density at radius 1 is 1.11 bits per heavy atom. The summed E-state index contributed by atoms with van der Waals surface area (Å²) < 4.78 is 5.76. The van der Waals surface area contributed by atoms with Crippen molar-refractivity contribution < 1.29 is 24.5 Å². The number of amides is 1. The fraction of sp³-hybridized carbons (Fsp3) is 0.190. The second-order valence-electron chi connectivity index (χ2n) is 7.03. The van der Waals surface area contributed by atoms with Gasteiger partial charge in [0.2, 0.25) is 0 Å². The fourth-order valence-corrected chi connectivity index (χ4v) is 2.83. The molecule has 0 saturated carbocycles. The van der Waals surface area contributed by atoms with Gasteiger partial charge in [-0.15, -0.1) is 0 Å². The highest BCUT2D eigenvalue weighted by Gasteiger charge is 2.26. The maximum absolute atomic E-state index is 12.5. The number of para-hydroxylation sites is 1. The Labute approximate surface area is 161 Å². The molecule has 3 rings (SSSR count). The lowest BCUT2D eigenvalue weighted by Gasteiger charge is -2.24. The molecule has 0 spiro atoms. The highest BCUT2D eigenvalue weighted by molar-refractivity contribution is 6.02. The van der Waals surface area contributed by atoms with E-state index in [0.29, 0.717) is 22.3 Å². The molecule has 0 radical (unpaired) electrons. The molecule has 0 unspecified atom stereocenters. The first-order valence-electron chi connectivity index (χ1n) is 8.64. The van der Waals surface area contributed by atoms with E-state index in [1.54, 1.807) is 32.0 Å². The maximum atomic E-state index is 12.5. The van der Waals surface area contributed by atoms with Crippen LogP contribution in [0.25, 0.3) is 10.8 Å². The number of rotatable bonds is 6. The number of carbonyl (C=O) groups excluding carboxylic acids is 1. The van der Waals surface area contributed by atoms with E-state index in [-0.39, 0.29) is 17.9 Å². The summed E-state index contributed by atoms with van der Waals surface area (Å²) in [6, 6.07) is 14.3. The van der Waals surface area contributed by atoms with Gasteiger partial charge in [-0.3, -0.25) is 9.59 Å². The van der Waals surface area contributed by atoms with E-state index in [1.807, 2.05) is 30.3 Å². The van der Waals surface area contributed by atoms with E-state index in [0.717, 1.165) is 0 Å². The number of aromatic hydroxyl groups is 1. The summed E-state index contributed by atoms with van der Waals surface area (Å²) in [4.78, 5) is 27.4. The number of carbonyl (C=O) groups is 2. The van der Waals surface area contributed by atoms with Crippen molar-refractivity contribution in [2.45, 2.75) is 25.8 Å². The zero-order chi connectivity index (χ0) is 20.3. The van der Waals surface area contributed by atoms with Crippen LogP contribution in [-0.4, -0.2) is 32.6 Å². The van der Waals surface area contributed by atoms with Gasteiger partial charge in [0.05, 0.1) is 6.42 Å². The minimum absolute atomic E-state index is 0.164. The molecule has 1 heterocycles. The van der Waals surface area contributed by atoms with Gasteiger partial charge in [-0.05, 0) is 44.2 Å². The molecule has 144 valence electrons. The van der Waals surface area contributed by atoms with E-state index in [9.17, 15) is 14.7 Å². The number of nitrogens with zero attached hydrogens (tertiary/aromatic N) is 1. The molecule has 3 aromatic rings. The molecule has 0 atom stereocenters. The molecule has 0 aliphatic carbocycles. The van der Waals surface area contributed by atoms with Crippen molar-refractivity contribution in [3.05, 3.63) is 60.4 Å². The molecule has 0 aliphatic heterocycles. The van der Waals surface area contributed by atoms with Gasteiger partial charge in [0.25, 0.3) is 5.91 Å². The molecule has 0 aliphatic rings. The third kappa shape index (κ3) is 4.37. The van der Waals surface area contributed by atoms with E-state index in [2.05, 4.69) is 10.3 Å². The second-order valence-corrected chi connectivity index (χ2v) is 7.03. The van der Waals surface area contributed by atoms with Gasteiger partial charge in [-0.25, -0.2) is 4.98 Å². The quantitative estimate of drug-likeness (QED) is 0.601. The number of nitrogens with one attached hydrogen (secondary N) is 1. The van der Waals surface area contributed by atoms with Gasteiger partial charge in [0, 0.05) is 22.5 Å². The van der Waals surface area contributed by atoms with Crippen LogP contribution < -0.4 is 10.1 Å². The monoisotopic (exact) mass is 380 g/mol. The van der Waals surface area contributed by atoms with Crippen LogP contribution in [0.1, 0.15) is 30.8 Å². The average molecular weight is 380 g/mol. The predicted octanol–water partition coefficient (Wildman–Crippen LogP) is 3.72. The van der Waals surface area contributed by atoms with Crippen LogP contribution in [-0.2, 0) is 4.79 Å². The van der Waals surface area contributed by atoms with E-state index in [1.165, 1.54) is 6.20 Å². The first-order valence-corrected chi connectivity index (χ1v) is 8.64. The number of hydrogen-bond donors (Lipinski definition) is 3. The summed E-state index contributed by atoms with van der Waals surface area (Å²) in [6.45, 7) is 3.18. The second kappa shape index (κ2) is 7.56. The zero-order valence-electron chi connectivity index (χ0n) is 15.5. The van der Waals surface area contributed by atoms with Gasteiger partial charge in [0.15, 0.2) is 11.4 Å². The van der Waals surface area contributed by atoms with Gasteiger partial charge >= 0.3 is 5.97 Å². The third-order valence-corrected chi connectivity index (χ3v) is 4.07. The average Bonchev–Trinajstić information content (AvgIpc) is 2.61. The molecular formula is C21H20N2O5. The minimum atomic E-state index is -1.04. The van der Waals surface area contributed by atoms with Gasteiger partial charge in [-0.1, -0.05) is 18.2 Å². The van der Waals surface area contributed by atoms with Crippen molar-refractivity contribution in [1.82, 2.24) is 10.3 Å². The van der Waals surface area contributed by atoms with Crippen molar-refractivity contribution in [1.29, 1.82) is 0 Å². The van der Waals surface area contributed by atoms with Crippen molar-refractivity contribution in [2.75, 3.05) is 0 Å². The maximum Gasteiger partial charge on any atom is 0.305 e. The molecule has 2 aromatic carbocycles. The Morgan fingerprint density at radius 3 is 2.50 bits per heavy atom. The number of benzene rings is 2. The van der Waals surface area contributed by atoms with Crippen LogP contribution in [0, 0.1) is 0 Å². The summed E-state index contributed by atoms with van der Waals surface area (Å²) in [5.74, 6) is -0.704. The molecule has 1 aromatic heterocycles. The summed E-state index contributed by atoms with van der Waals surface area (Å²) >= 11 is 0. The predicted molar refractivity (Wildman–Crippen MR) is 104 cm³/mol. The van der Waals surface area contributed by atoms with E-state index >= 15 is 0 Å². The number of fused-ring (bicyclic) bond motifs is 1. The number of aromatic nitrogens is 1. The smallest absolute Gasteiger partial charge is 0.305 e. The molecule has 7 nitrogen and oxygen atoms in total. The highest BCUT2D eigenvalue weighted by Crippen LogP contribution is 2.31. The summed E-state index contributed by atoms with van der Waals surface area (Å²) in [5, 5.41) is 23.1. The number of ether oxygens (including phenoxy) is 1. The molecule has 1 amide bonds. The number of carboxylic acid groups (broad SMARTS) is 1. The first-order chi connectivity index (χ1) is 13.2. The van der Waals surface area contributed by atoms with Crippen LogP contribution in [0.4, 0.5) is 0 Å². The van der Waals surface area contributed by atoms with Crippen LogP contribution in [0.15, 0.2) is 54.7 Å². The van der Waals surface area contributed by atoms with Crippen LogP contribution in [0.3, 0.4) is 0 Å². The first kappa shape index (κ1) is 19.2. The molecule has 7 heteroatoms. The van der Waals surface area contributed by atoms with Crippen LogP contribution in [0.5, 0.6) is 17.2 Å². The Hall–Kier alpha value is -3.61. The standard InChI is InChI=1S/C21H20N2O5/c1-21(2,11-17(24)25)23-20(27)18-19(26)16-9-8-15(10-13(16)12-22-18)28-14-6-4-3-5-7-14/h3-10,12,26H,11H2,1-2H3,(H,23,27)(H,24,25). The number of pyridine rings is 1. The topological polar surface area (TPSA) is 109 Å². The fourth-order valence-electron chi connectivity index (χ4n) is 2.83. The van der Waals surface area contributed by atoms with E-state index < -0.39 is 17.4 Å². The SMILES string of the molecule is CC(C)(CC(=O)O)NC(=O)c1ncc2cc(Oc3ccccc3)ccc2c1O. The molecular weight excluding hydrogens is 360 g/mol. The van der Waals surface area contributed by atoms with Gasteiger partial charge in [-0.2, -0.15) is 0 Å². The summed E-state index contributed by atoms with van der Waals surface area (Å²) in [6.07, 6.45) is 1.21. The van der Waals surface area contributed by atoms with Crippen LogP contribution >= 0.6 is 0 Å². The van der Waals surface area contributed by atoms with Crippen molar-refractivity contribution in [3.8, 4) is 17.2 Å². The van der Waals surface area contributed by atoms with Crippen LogP contribution in [0.2, 0.25) is 0 Å². The minimum Gasteiger partial charge on any atom is -0.505 e. The summed E-state index contributed by atoms with van der Waals surface area (Å²) in [5.41, 5.74) is -1.15. The molecule has 0 saturated heterocycles. The zero-order valence-corrected chi connectivity index (χ0v) is 15.5. The third-order valence-electron chi connectivity index (χ3n) is 4.07. The number of carboxylic acids is 1. The summed E-state index contributed by atoms with van der Waals surface area (Å²) in [7, 11) is 0. The van der Waals surface area contributed by atoms with Gasteiger partial charge < -0.3 is 20.3 Å². The van der Waals surface area contributed by atoms with Crippen molar-refractivity contribution in [3.63, 3.8) is 0 Å². The number of hydrogen-bond acceptors (Lipinski definition) is 5. The Kier molecular flexibility index (Phi) is 5.17. The Bertz CT molecular complexity index is 1030. The lowest BCUT2D eigenvalue weighted by molar-refractivity contribution is -0.138. The normalized spacial score (nSPS) is 11.2. The molecule has 3 N–H and O–H groups in total. The van der Waals surface area contributed by atoms with Crippen molar-refractivity contribution in [2.24, 2.45) is 0 Å². The largest absolute Gasteiger partial charge is 0.505 e. The Balaban J connectivity index is 1.86. The molecule has 0 bridgehead atoms. The van der Waals surface area contributed by atoms with Crippen molar-refractivity contribution >= 4 is 22.6 Å². The lowest BCUT2D eigenvalue weighted by Crippen LogP contribution is -2.45. The van der Waals surface area contributed by atoms with Gasteiger partial charge in [0.1, 0.15) is 11.5 Å². The highest BCUT2D eigenvalue weighted by atomic mass is 16.5. The lowest BCUT2D eigenvalue weighted by atomic mass is 10.0. The number of aliphatic carboxylic acids is 1. The molecule has 28 heavy (non-hydrogen) atoms.